The van der Waals surface area contributed by atoms with Crippen LogP contribution in [0.15, 0.2) is 6.07 Å². The first-order valence-corrected chi connectivity index (χ1v) is 6.60. The van der Waals surface area contributed by atoms with Gasteiger partial charge in [0.2, 0.25) is 0 Å². The van der Waals surface area contributed by atoms with Gasteiger partial charge < -0.3 is 0 Å². The standard InChI is InChI=1S/C8H9Cl2NO2S/c1-5-6(4-14(2,12)13)3-7(9)11-8(5)10/h3H,4H2,1-2H3. The molecule has 3 nitrogen and oxygen atoms in total. The number of hydrogen-bond donors (Lipinski definition) is 0. The molecule has 0 atom stereocenters. The Morgan fingerprint density at radius 3 is 2.50 bits per heavy atom. The normalized spacial score (nSPS) is 11.7. The molecule has 78 valence electrons. The Kier molecular flexibility index (Phi) is 3.40. The maximum Gasteiger partial charge on any atom is 0.151 e. The van der Waals surface area contributed by atoms with Gasteiger partial charge in [-0.25, -0.2) is 13.4 Å². The fourth-order valence-corrected chi connectivity index (χ4v) is 2.36. The number of pyridine rings is 1. The Hall–Kier alpha value is -0.320. The molecule has 14 heavy (non-hydrogen) atoms. The van der Waals surface area contributed by atoms with E-state index in [1.54, 1.807) is 6.92 Å². The van der Waals surface area contributed by atoms with Crippen LogP contribution >= 0.6 is 23.2 Å². The zero-order chi connectivity index (χ0) is 10.9. The largest absolute Gasteiger partial charge is 0.229 e. The van der Waals surface area contributed by atoms with Crippen molar-refractivity contribution in [2.75, 3.05) is 6.26 Å². The van der Waals surface area contributed by atoms with Gasteiger partial charge in [0.25, 0.3) is 0 Å². The van der Waals surface area contributed by atoms with Crippen molar-refractivity contribution >= 4 is 33.0 Å². The molecule has 1 aromatic heterocycles. The predicted octanol–water partition coefficient (Wildman–Crippen LogP) is 2.24. The molecular formula is C8H9Cl2NO2S. The second-order valence-corrected chi connectivity index (χ2v) is 5.98. The maximum atomic E-state index is 11.1. The number of hydrogen-bond acceptors (Lipinski definition) is 3. The van der Waals surface area contributed by atoms with Crippen LogP contribution in [-0.2, 0) is 15.6 Å². The third kappa shape index (κ3) is 3.12. The Bertz CT molecular complexity index is 457. The van der Waals surface area contributed by atoms with E-state index in [-0.39, 0.29) is 16.1 Å². The van der Waals surface area contributed by atoms with Crippen LogP contribution in [0.1, 0.15) is 11.1 Å². The molecule has 0 aromatic carbocycles. The molecule has 0 unspecified atom stereocenters. The quantitative estimate of drug-likeness (QED) is 0.760. The van der Waals surface area contributed by atoms with Crippen molar-refractivity contribution in [2.45, 2.75) is 12.7 Å². The highest BCUT2D eigenvalue weighted by Gasteiger charge is 2.11. The maximum absolute atomic E-state index is 11.1. The van der Waals surface area contributed by atoms with E-state index in [0.717, 1.165) is 6.26 Å². The second-order valence-electron chi connectivity index (χ2n) is 3.09. The van der Waals surface area contributed by atoms with Gasteiger partial charge in [0.15, 0.2) is 9.84 Å². The van der Waals surface area contributed by atoms with Gasteiger partial charge in [0, 0.05) is 6.26 Å². The number of nitrogens with zero attached hydrogens (tertiary/aromatic N) is 1. The summed E-state index contributed by atoms with van der Waals surface area (Å²) in [6.45, 7) is 1.71. The van der Waals surface area contributed by atoms with Gasteiger partial charge in [0.1, 0.15) is 10.3 Å². The number of aromatic nitrogens is 1. The zero-order valence-corrected chi connectivity index (χ0v) is 10.0. The van der Waals surface area contributed by atoms with Gasteiger partial charge in [-0.05, 0) is 24.1 Å². The van der Waals surface area contributed by atoms with E-state index >= 15 is 0 Å². The Morgan fingerprint density at radius 2 is 2.00 bits per heavy atom. The van der Waals surface area contributed by atoms with E-state index in [0.29, 0.717) is 11.1 Å². The van der Waals surface area contributed by atoms with Crippen LogP contribution in [0.5, 0.6) is 0 Å². The molecule has 0 aliphatic rings. The van der Waals surface area contributed by atoms with Crippen molar-refractivity contribution in [3.05, 3.63) is 27.5 Å². The third-order valence-electron chi connectivity index (χ3n) is 1.71. The summed E-state index contributed by atoms with van der Waals surface area (Å²) in [5.41, 5.74) is 1.25. The first kappa shape index (κ1) is 11.8. The van der Waals surface area contributed by atoms with Crippen LogP contribution in [0.2, 0.25) is 10.3 Å². The highest BCUT2D eigenvalue weighted by atomic mass is 35.5. The van der Waals surface area contributed by atoms with E-state index in [4.69, 9.17) is 23.2 Å². The van der Waals surface area contributed by atoms with Crippen molar-refractivity contribution in [3.8, 4) is 0 Å². The molecule has 0 amide bonds. The van der Waals surface area contributed by atoms with E-state index in [1.807, 2.05) is 0 Å². The minimum Gasteiger partial charge on any atom is -0.229 e. The van der Waals surface area contributed by atoms with Crippen molar-refractivity contribution in [3.63, 3.8) is 0 Å². The third-order valence-corrected chi connectivity index (χ3v) is 3.10. The molecule has 0 bridgehead atoms. The molecule has 0 aliphatic heterocycles. The summed E-state index contributed by atoms with van der Waals surface area (Å²) in [4.78, 5) is 3.80. The molecule has 0 N–H and O–H groups in total. The lowest BCUT2D eigenvalue weighted by Gasteiger charge is -2.06. The minimum atomic E-state index is -3.08. The first-order chi connectivity index (χ1) is 6.29. The molecule has 1 aromatic rings. The highest BCUT2D eigenvalue weighted by molar-refractivity contribution is 7.89. The molecule has 0 spiro atoms. The summed E-state index contributed by atoms with van der Waals surface area (Å²) < 4.78 is 22.1. The van der Waals surface area contributed by atoms with E-state index in [1.165, 1.54) is 6.07 Å². The Morgan fingerprint density at radius 1 is 1.43 bits per heavy atom. The SMILES string of the molecule is Cc1c(CS(C)(=O)=O)cc(Cl)nc1Cl. The first-order valence-electron chi connectivity index (χ1n) is 3.79. The van der Waals surface area contributed by atoms with Crippen molar-refractivity contribution < 1.29 is 8.42 Å². The minimum absolute atomic E-state index is 0.0687. The topological polar surface area (TPSA) is 47.0 Å². The van der Waals surface area contributed by atoms with Crippen LogP contribution in [0.25, 0.3) is 0 Å². The van der Waals surface area contributed by atoms with Crippen molar-refractivity contribution in [1.29, 1.82) is 0 Å². The van der Waals surface area contributed by atoms with Gasteiger partial charge in [0.05, 0.1) is 5.75 Å². The van der Waals surface area contributed by atoms with Crippen LogP contribution in [0.3, 0.4) is 0 Å². The van der Waals surface area contributed by atoms with Crippen LogP contribution in [-0.4, -0.2) is 19.7 Å². The summed E-state index contributed by atoms with van der Waals surface area (Å²) >= 11 is 11.4. The molecule has 0 aliphatic carbocycles. The number of sulfone groups is 1. The predicted molar refractivity (Wildman–Crippen MR) is 57.5 cm³/mol. The monoisotopic (exact) mass is 253 g/mol. The highest BCUT2D eigenvalue weighted by Crippen LogP contribution is 2.22. The lowest BCUT2D eigenvalue weighted by atomic mass is 10.2. The van der Waals surface area contributed by atoms with Crippen LogP contribution < -0.4 is 0 Å². The van der Waals surface area contributed by atoms with Crippen molar-refractivity contribution in [2.24, 2.45) is 0 Å². The van der Waals surface area contributed by atoms with Gasteiger partial charge in [-0.15, -0.1) is 0 Å². The van der Waals surface area contributed by atoms with Gasteiger partial charge in [-0.2, -0.15) is 0 Å². The second kappa shape index (κ2) is 4.04. The Labute approximate surface area is 93.0 Å². The molecule has 0 saturated heterocycles. The molecule has 1 rings (SSSR count). The average molecular weight is 254 g/mol. The molecule has 1 heterocycles. The van der Waals surface area contributed by atoms with Gasteiger partial charge in [-0.3, -0.25) is 0 Å². The smallest absolute Gasteiger partial charge is 0.151 e. The summed E-state index contributed by atoms with van der Waals surface area (Å²) in [5, 5.41) is 0.454. The molecule has 6 heteroatoms. The summed E-state index contributed by atoms with van der Waals surface area (Å²) in [7, 11) is -3.08. The molecule has 0 saturated carbocycles. The molecular weight excluding hydrogens is 245 g/mol. The lowest BCUT2D eigenvalue weighted by Crippen LogP contribution is -2.03. The lowest BCUT2D eigenvalue weighted by molar-refractivity contribution is 0.601. The van der Waals surface area contributed by atoms with Gasteiger partial charge >= 0.3 is 0 Å². The van der Waals surface area contributed by atoms with Crippen molar-refractivity contribution in [1.82, 2.24) is 4.98 Å². The summed E-state index contributed by atoms with van der Waals surface area (Å²) in [6.07, 6.45) is 1.16. The van der Waals surface area contributed by atoms with E-state index < -0.39 is 9.84 Å². The Balaban J connectivity index is 3.22. The van der Waals surface area contributed by atoms with Crippen LogP contribution in [0, 0.1) is 6.92 Å². The number of halogens is 2. The summed E-state index contributed by atoms with van der Waals surface area (Å²) in [5.74, 6) is -0.0687. The van der Waals surface area contributed by atoms with Crippen LogP contribution in [0.4, 0.5) is 0 Å². The molecule has 0 radical (unpaired) electrons. The summed E-state index contributed by atoms with van der Waals surface area (Å²) in [6, 6.07) is 1.52. The van der Waals surface area contributed by atoms with E-state index in [2.05, 4.69) is 4.98 Å². The molecule has 0 fully saturated rings. The average Bonchev–Trinajstić information content (AvgIpc) is 1.96. The fourth-order valence-electron chi connectivity index (χ4n) is 1.03. The van der Waals surface area contributed by atoms with E-state index in [9.17, 15) is 8.42 Å². The van der Waals surface area contributed by atoms with Gasteiger partial charge in [-0.1, -0.05) is 23.2 Å². The number of rotatable bonds is 2. The fraction of sp³-hybridized carbons (Fsp3) is 0.375. The zero-order valence-electron chi connectivity index (χ0n) is 7.71.